The first kappa shape index (κ1) is 29.6. The summed E-state index contributed by atoms with van der Waals surface area (Å²) in [5.74, 6) is -0.312. The lowest BCUT2D eigenvalue weighted by Crippen LogP contribution is -2.46. The summed E-state index contributed by atoms with van der Waals surface area (Å²) in [6.07, 6.45) is 0.463. The van der Waals surface area contributed by atoms with Gasteiger partial charge in [0.2, 0.25) is 11.8 Å². The Hall–Kier alpha value is -4.38. The van der Waals surface area contributed by atoms with Crippen molar-refractivity contribution in [3.63, 3.8) is 0 Å². The van der Waals surface area contributed by atoms with Crippen LogP contribution in [-0.4, -0.2) is 60.5 Å². The molecule has 2 amide bonds. The number of methoxy groups -OCH3 is 2. The highest BCUT2D eigenvalue weighted by Crippen LogP contribution is 2.31. The number of ether oxygens (including phenoxy) is 3. The number of carbonyl (C=O) groups excluding carboxylic acids is 3. The van der Waals surface area contributed by atoms with Crippen LogP contribution < -0.4 is 14.8 Å². The third kappa shape index (κ3) is 7.63. The van der Waals surface area contributed by atoms with Gasteiger partial charge >= 0.3 is 5.97 Å². The number of thioether (sulfide) groups is 1. The smallest absolute Gasteiger partial charge is 0.338 e. The van der Waals surface area contributed by atoms with Gasteiger partial charge < -0.3 is 19.5 Å². The summed E-state index contributed by atoms with van der Waals surface area (Å²) in [7, 11) is 3.12. The van der Waals surface area contributed by atoms with E-state index in [0.29, 0.717) is 46.6 Å². The Labute approximate surface area is 241 Å². The number of nitrogens with zero attached hydrogens (tertiary/aromatic N) is 2. The number of anilines is 1. The molecule has 0 aliphatic carbocycles. The van der Waals surface area contributed by atoms with Crippen molar-refractivity contribution in [2.45, 2.75) is 25.0 Å². The highest BCUT2D eigenvalue weighted by Gasteiger charge is 2.36. The molecule has 3 aromatic rings. The van der Waals surface area contributed by atoms with Crippen LogP contribution in [0.3, 0.4) is 0 Å². The molecule has 9 nitrogen and oxygen atoms in total. The summed E-state index contributed by atoms with van der Waals surface area (Å²) in [5.41, 5.74) is 2.22. The van der Waals surface area contributed by atoms with E-state index in [9.17, 15) is 18.8 Å². The fourth-order valence-corrected chi connectivity index (χ4v) is 5.22. The SMILES string of the molecule is CCOC(=O)c1ccc(NC(=O)C2CC(=O)N(CCc3ccc(OC)c(OC)c3)C(=Nc3ccc(F)cc3)S2)cc1. The van der Waals surface area contributed by atoms with E-state index in [1.54, 1.807) is 56.4 Å². The van der Waals surface area contributed by atoms with Gasteiger partial charge in [0.05, 0.1) is 32.1 Å². The topological polar surface area (TPSA) is 107 Å². The molecular formula is C30H30FN3O6S. The van der Waals surface area contributed by atoms with Gasteiger partial charge in [-0.15, -0.1) is 0 Å². The molecule has 1 N–H and O–H groups in total. The first-order valence-electron chi connectivity index (χ1n) is 12.9. The maximum absolute atomic E-state index is 13.5. The minimum absolute atomic E-state index is 0.0359. The van der Waals surface area contributed by atoms with Crippen LogP contribution in [0, 0.1) is 5.82 Å². The van der Waals surface area contributed by atoms with Crippen LogP contribution in [0.5, 0.6) is 11.5 Å². The Morgan fingerprint density at radius 3 is 2.39 bits per heavy atom. The number of aliphatic imine (C=N–C) groups is 1. The van der Waals surface area contributed by atoms with Crippen molar-refractivity contribution < 1.29 is 33.0 Å². The Bertz CT molecular complexity index is 1430. The van der Waals surface area contributed by atoms with Crippen LogP contribution in [0.1, 0.15) is 29.3 Å². The fourth-order valence-electron chi connectivity index (χ4n) is 4.09. The summed E-state index contributed by atoms with van der Waals surface area (Å²) in [5, 5.41) is 2.40. The van der Waals surface area contributed by atoms with E-state index >= 15 is 0 Å². The number of hydrogen-bond acceptors (Lipinski definition) is 8. The van der Waals surface area contributed by atoms with E-state index in [1.807, 2.05) is 12.1 Å². The van der Waals surface area contributed by atoms with Gasteiger partial charge in [0.1, 0.15) is 11.1 Å². The van der Waals surface area contributed by atoms with Gasteiger partial charge in [0.15, 0.2) is 16.7 Å². The molecule has 11 heteroatoms. The fraction of sp³-hybridized carbons (Fsp3) is 0.267. The van der Waals surface area contributed by atoms with Crippen LogP contribution >= 0.6 is 11.8 Å². The summed E-state index contributed by atoms with van der Waals surface area (Å²) >= 11 is 1.16. The summed E-state index contributed by atoms with van der Waals surface area (Å²) < 4.78 is 29.2. The van der Waals surface area contributed by atoms with Crippen molar-refractivity contribution in [1.29, 1.82) is 0 Å². The Kier molecular flexibility index (Phi) is 9.96. The third-order valence-electron chi connectivity index (χ3n) is 6.22. The summed E-state index contributed by atoms with van der Waals surface area (Å²) in [6.45, 7) is 2.29. The third-order valence-corrected chi connectivity index (χ3v) is 7.41. The largest absolute Gasteiger partial charge is 0.493 e. The van der Waals surface area contributed by atoms with Crippen LogP contribution in [0.15, 0.2) is 71.7 Å². The number of nitrogens with one attached hydrogen (secondary N) is 1. The van der Waals surface area contributed by atoms with Gasteiger partial charge in [0, 0.05) is 18.7 Å². The molecular weight excluding hydrogens is 549 g/mol. The van der Waals surface area contributed by atoms with Gasteiger partial charge in [0.25, 0.3) is 0 Å². The van der Waals surface area contributed by atoms with Crippen LogP contribution in [0.4, 0.5) is 15.8 Å². The number of halogens is 1. The average Bonchev–Trinajstić information content (AvgIpc) is 2.98. The molecule has 41 heavy (non-hydrogen) atoms. The molecule has 1 saturated heterocycles. The Morgan fingerprint density at radius 1 is 1.02 bits per heavy atom. The van der Waals surface area contributed by atoms with E-state index in [2.05, 4.69) is 10.3 Å². The van der Waals surface area contributed by atoms with Crippen LogP contribution in [0.2, 0.25) is 0 Å². The van der Waals surface area contributed by atoms with Crippen LogP contribution in [0.25, 0.3) is 0 Å². The molecule has 0 spiro atoms. The van der Waals surface area contributed by atoms with Crippen molar-refractivity contribution in [2.75, 3.05) is 32.7 Å². The van der Waals surface area contributed by atoms with E-state index < -0.39 is 17.0 Å². The molecule has 1 atom stereocenters. The second-order valence-corrected chi connectivity index (χ2v) is 10.1. The highest BCUT2D eigenvalue weighted by molar-refractivity contribution is 8.15. The molecule has 1 fully saturated rings. The second-order valence-electron chi connectivity index (χ2n) is 8.95. The quantitative estimate of drug-likeness (QED) is 0.328. The average molecular weight is 580 g/mol. The van der Waals surface area contributed by atoms with Gasteiger partial charge in [-0.3, -0.25) is 14.5 Å². The van der Waals surface area contributed by atoms with Crippen molar-refractivity contribution >= 4 is 46.1 Å². The number of rotatable bonds is 10. The first-order valence-corrected chi connectivity index (χ1v) is 13.8. The highest BCUT2D eigenvalue weighted by atomic mass is 32.2. The minimum atomic E-state index is -0.747. The summed E-state index contributed by atoms with van der Waals surface area (Å²) in [6, 6.07) is 17.4. The second kappa shape index (κ2) is 13.8. The lowest BCUT2D eigenvalue weighted by Gasteiger charge is -2.32. The standard InChI is InChI=1S/C30H30FN3O6S/c1-4-40-29(37)20-6-10-22(11-7-20)32-28(36)26-18-27(35)34(30(41-26)33-23-12-8-21(31)9-13-23)16-15-19-5-14-24(38-2)25(17-19)39-3/h5-14,17,26H,4,15-16,18H2,1-3H3,(H,32,36). The van der Waals surface area contributed by atoms with E-state index in [4.69, 9.17) is 14.2 Å². The Morgan fingerprint density at radius 2 is 1.73 bits per heavy atom. The Balaban J connectivity index is 1.51. The molecule has 1 unspecified atom stereocenters. The maximum atomic E-state index is 13.5. The molecule has 0 radical (unpaired) electrons. The normalized spacial score (nSPS) is 15.9. The van der Waals surface area contributed by atoms with Gasteiger partial charge in [-0.05, 0) is 79.6 Å². The molecule has 1 aliphatic rings. The molecule has 0 bridgehead atoms. The van der Waals surface area contributed by atoms with Gasteiger partial charge in [-0.25, -0.2) is 14.2 Å². The lowest BCUT2D eigenvalue weighted by molar-refractivity contribution is -0.129. The van der Waals surface area contributed by atoms with Crippen molar-refractivity contribution in [3.8, 4) is 11.5 Å². The van der Waals surface area contributed by atoms with Crippen molar-refractivity contribution in [1.82, 2.24) is 4.90 Å². The van der Waals surface area contributed by atoms with Gasteiger partial charge in [-0.1, -0.05) is 17.8 Å². The molecule has 1 aliphatic heterocycles. The number of hydrogen-bond donors (Lipinski definition) is 1. The number of benzene rings is 3. The molecule has 214 valence electrons. The van der Waals surface area contributed by atoms with Crippen LogP contribution in [-0.2, 0) is 20.7 Å². The van der Waals surface area contributed by atoms with E-state index in [-0.39, 0.29) is 24.8 Å². The first-order chi connectivity index (χ1) is 19.8. The number of esters is 1. The maximum Gasteiger partial charge on any atom is 0.338 e. The molecule has 4 rings (SSSR count). The minimum Gasteiger partial charge on any atom is -0.493 e. The van der Waals surface area contributed by atoms with Crippen molar-refractivity contribution in [3.05, 3.63) is 83.7 Å². The zero-order valence-corrected chi connectivity index (χ0v) is 23.7. The predicted octanol–water partition coefficient (Wildman–Crippen LogP) is 5.22. The number of amidine groups is 1. The predicted molar refractivity (Wildman–Crippen MR) is 155 cm³/mol. The van der Waals surface area contributed by atoms with E-state index in [0.717, 1.165) is 17.3 Å². The zero-order chi connectivity index (χ0) is 29.4. The zero-order valence-electron chi connectivity index (χ0n) is 22.9. The lowest BCUT2D eigenvalue weighted by atomic mass is 10.1. The van der Waals surface area contributed by atoms with E-state index in [1.165, 1.54) is 24.3 Å². The monoisotopic (exact) mass is 579 g/mol. The molecule has 3 aromatic carbocycles. The van der Waals surface area contributed by atoms with Gasteiger partial charge in [-0.2, -0.15) is 0 Å². The van der Waals surface area contributed by atoms with Crippen molar-refractivity contribution in [2.24, 2.45) is 4.99 Å². The molecule has 1 heterocycles. The molecule has 0 saturated carbocycles. The number of amides is 2. The molecule has 0 aromatic heterocycles. The summed E-state index contributed by atoms with van der Waals surface area (Å²) in [4.78, 5) is 44.5. The number of carbonyl (C=O) groups is 3.